The molecule has 1 N–H and O–H groups in total. The van der Waals surface area contributed by atoms with E-state index >= 15 is 0 Å². The van der Waals surface area contributed by atoms with Gasteiger partial charge < -0.3 is 10.1 Å². The summed E-state index contributed by atoms with van der Waals surface area (Å²) in [6.07, 6.45) is 1.51. The van der Waals surface area contributed by atoms with E-state index in [-0.39, 0.29) is 46.3 Å². The molecule has 1 aromatic heterocycles. The van der Waals surface area contributed by atoms with Crippen molar-refractivity contribution in [2.75, 3.05) is 11.9 Å². The van der Waals surface area contributed by atoms with Gasteiger partial charge in [0, 0.05) is 33.5 Å². The molecule has 0 atom stereocenters. The Kier molecular flexibility index (Phi) is 6.91. The number of carbonyl (C=O) groups excluding carboxylic acids is 2. The van der Waals surface area contributed by atoms with Gasteiger partial charge in [-0.3, -0.25) is 14.9 Å². The lowest BCUT2D eigenvalue weighted by Gasteiger charge is -2.13. The van der Waals surface area contributed by atoms with E-state index in [4.69, 9.17) is 27.9 Å². The van der Waals surface area contributed by atoms with Gasteiger partial charge in [0.05, 0.1) is 17.1 Å². The zero-order valence-electron chi connectivity index (χ0n) is 15.7. The molecule has 2 aromatic rings. The van der Waals surface area contributed by atoms with Crippen LogP contribution in [0.15, 0.2) is 52.0 Å². The lowest BCUT2D eigenvalue weighted by atomic mass is 10.0. The number of benzene rings is 1. The SMILES string of the molecule is CCOC(=O)c1c(-c2ccc(Cl)cc2)csc1NC(=O)C1=C(Cl)CCC([N+](=O)[O-])=C1. The third-order valence-electron chi connectivity index (χ3n) is 4.34. The average Bonchev–Trinajstić information content (AvgIpc) is 3.12. The topological polar surface area (TPSA) is 98.5 Å². The second-order valence-electron chi connectivity index (χ2n) is 6.25. The van der Waals surface area contributed by atoms with Crippen molar-refractivity contribution in [3.8, 4) is 11.1 Å². The highest BCUT2D eigenvalue weighted by Gasteiger charge is 2.27. The van der Waals surface area contributed by atoms with Crippen molar-refractivity contribution in [2.24, 2.45) is 0 Å². The first kappa shape index (κ1) is 22.0. The van der Waals surface area contributed by atoms with Crippen LogP contribution in [0.25, 0.3) is 11.1 Å². The fourth-order valence-electron chi connectivity index (χ4n) is 2.89. The van der Waals surface area contributed by atoms with Gasteiger partial charge in [-0.1, -0.05) is 35.3 Å². The van der Waals surface area contributed by atoms with Gasteiger partial charge in [0.15, 0.2) is 0 Å². The Balaban J connectivity index is 1.98. The first-order valence-electron chi connectivity index (χ1n) is 8.91. The minimum atomic E-state index is -0.630. The summed E-state index contributed by atoms with van der Waals surface area (Å²) in [4.78, 5) is 35.9. The van der Waals surface area contributed by atoms with Crippen molar-refractivity contribution >= 4 is 51.4 Å². The number of hydrogen-bond donors (Lipinski definition) is 1. The van der Waals surface area contributed by atoms with Crippen LogP contribution < -0.4 is 5.32 Å². The molecule has 1 amide bonds. The molecule has 0 unspecified atom stereocenters. The minimum absolute atomic E-state index is 0.00543. The molecule has 0 saturated heterocycles. The highest BCUT2D eigenvalue weighted by molar-refractivity contribution is 7.15. The number of anilines is 1. The molecule has 3 rings (SSSR count). The fourth-order valence-corrected chi connectivity index (χ4v) is 4.20. The van der Waals surface area contributed by atoms with Gasteiger partial charge in [-0.25, -0.2) is 4.79 Å². The predicted molar refractivity (Wildman–Crippen MR) is 117 cm³/mol. The van der Waals surface area contributed by atoms with Gasteiger partial charge in [-0.05, 0) is 31.0 Å². The number of esters is 1. The zero-order valence-corrected chi connectivity index (χ0v) is 18.1. The molecule has 1 aliphatic carbocycles. The number of nitrogens with one attached hydrogen (secondary N) is 1. The van der Waals surface area contributed by atoms with E-state index in [1.54, 1.807) is 36.6 Å². The van der Waals surface area contributed by atoms with E-state index in [0.29, 0.717) is 10.6 Å². The maximum absolute atomic E-state index is 12.8. The lowest BCUT2D eigenvalue weighted by Crippen LogP contribution is -2.19. The Hall–Kier alpha value is -2.68. The van der Waals surface area contributed by atoms with Crippen LogP contribution >= 0.6 is 34.5 Å². The summed E-state index contributed by atoms with van der Waals surface area (Å²) in [5.74, 6) is -1.22. The normalized spacial score (nSPS) is 13.6. The van der Waals surface area contributed by atoms with Crippen LogP contribution in [0.1, 0.15) is 30.1 Å². The van der Waals surface area contributed by atoms with Crippen LogP contribution in [0.4, 0.5) is 5.00 Å². The Bertz CT molecular complexity index is 1070. The predicted octanol–water partition coefficient (Wildman–Crippen LogP) is 5.63. The number of carbonyl (C=O) groups is 2. The monoisotopic (exact) mass is 466 g/mol. The lowest BCUT2D eigenvalue weighted by molar-refractivity contribution is -0.428. The number of ether oxygens (including phenoxy) is 1. The standard InChI is InChI=1S/C20H16Cl2N2O5S/c1-2-29-20(26)17-15(11-3-5-12(21)6-4-11)10-30-19(17)23-18(25)14-9-13(24(27)28)7-8-16(14)22/h3-6,9-10H,2,7-8H2,1H3,(H,23,25). The average molecular weight is 467 g/mol. The number of hydrogen-bond acceptors (Lipinski definition) is 6. The molecule has 156 valence electrons. The van der Waals surface area contributed by atoms with E-state index in [2.05, 4.69) is 5.32 Å². The van der Waals surface area contributed by atoms with Gasteiger partial charge in [-0.15, -0.1) is 11.3 Å². The Morgan fingerprint density at radius 3 is 2.57 bits per heavy atom. The maximum atomic E-state index is 12.8. The zero-order chi connectivity index (χ0) is 21.8. The molecule has 30 heavy (non-hydrogen) atoms. The number of allylic oxidation sites excluding steroid dienone is 2. The van der Waals surface area contributed by atoms with Crippen LogP contribution in [0.3, 0.4) is 0 Å². The van der Waals surface area contributed by atoms with Gasteiger partial charge in [0.25, 0.3) is 5.91 Å². The second-order valence-corrected chi connectivity index (χ2v) is 8.02. The summed E-state index contributed by atoms with van der Waals surface area (Å²) < 4.78 is 5.16. The van der Waals surface area contributed by atoms with Crippen LogP contribution in [0.5, 0.6) is 0 Å². The molecule has 7 nitrogen and oxygen atoms in total. The van der Waals surface area contributed by atoms with E-state index in [1.165, 1.54) is 6.08 Å². The smallest absolute Gasteiger partial charge is 0.341 e. The van der Waals surface area contributed by atoms with Gasteiger partial charge in [-0.2, -0.15) is 0 Å². The number of thiophene rings is 1. The molecule has 1 aliphatic rings. The fraction of sp³-hybridized carbons (Fsp3) is 0.200. The summed E-state index contributed by atoms with van der Waals surface area (Å²) in [6.45, 7) is 1.84. The van der Waals surface area contributed by atoms with Gasteiger partial charge in [0.1, 0.15) is 10.6 Å². The quantitative estimate of drug-likeness (QED) is 0.337. The maximum Gasteiger partial charge on any atom is 0.341 e. The van der Waals surface area contributed by atoms with E-state index in [0.717, 1.165) is 16.9 Å². The molecule has 0 radical (unpaired) electrons. The van der Waals surface area contributed by atoms with Crippen molar-refractivity contribution in [1.82, 2.24) is 0 Å². The molecule has 10 heteroatoms. The van der Waals surface area contributed by atoms with Crippen molar-refractivity contribution in [1.29, 1.82) is 0 Å². The summed E-state index contributed by atoms with van der Waals surface area (Å²) in [6, 6.07) is 6.90. The summed E-state index contributed by atoms with van der Waals surface area (Å²) in [7, 11) is 0. The molecule has 1 heterocycles. The Morgan fingerprint density at radius 1 is 1.23 bits per heavy atom. The second kappa shape index (κ2) is 9.42. The van der Waals surface area contributed by atoms with E-state index in [9.17, 15) is 19.7 Å². The largest absolute Gasteiger partial charge is 0.462 e. The van der Waals surface area contributed by atoms with Crippen molar-refractivity contribution in [3.05, 3.63) is 72.7 Å². The third kappa shape index (κ3) is 4.72. The van der Waals surface area contributed by atoms with Crippen LogP contribution in [-0.4, -0.2) is 23.4 Å². The Labute approximate surface area is 186 Å². The van der Waals surface area contributed by atoms with Crippen LogP contribution in [-0.2, 0) is 9.53 Å². The first-order chi connectivity index (χ1) is 14.3. The molecular weight excluding hydrogens is 451 g/mol. The molecule has 1 aromatic carbocycles. The molecule has 0 bridgehead atoms. The van der Waals surface area contributed by atoms with Crippen molar-refractivity contribution in [3.63, 3.8) is 0 Å². The van der Waals surface area contributed by atoms with Crippen molar-refractivity contribution in [2.45, 2.75) is 19.8 Å². The van der Waals surface area contributed by atoms with Gasteiger partial charge >= 0.3 is 5.97 Å². The minimum Gasteiger partial charge on any atom is -0.462 e. The molecule has 0 saturated carbocycles. The summed E-state index contributed by atoms with van der Waals surface area (Å²) >= 11 is 13.2. The van der Waals surface area contributed by atoms with Crippen LogP contribution in [0.2, 0.25) is 5.02 Å². The molecule has 0 spiro atoms. The highest BCUT2D eigenvalue weighted by atomic mass is 35.5. The molecule has 0 aliphatic heterocycles. The number of halogens is 2. The Morgan fingerprint density at radius 2 is 1.93 bits per heavy atom. The molecular formula is C20H16Cl2N2O5S. The summed E-state index contributed by atoms with van der Waals surface area (Å²) in [5, 5.41) is 16.5. The molecule has 0 fully saturated rings. The summed E-state index contributed by atoms with van der Waals surface area (Å²) in [5.41, 5.74) is 1.41. The number of nitrogens with zero attached hydrogens (tertiary/aromatic N) is 1. The number of amides is 1. The number of rotatable bonds is 6. The van der Waals surface area contributed by atoms with Crippen molar-refractivity contribution < 1.29 is 19.2 Å². The van der Waals surface area contributed by atoms with Crippen LogP contribution in [0, 0.1) is 10.1 Å². The van der Waals surface area contributed by atoms with E-state index in [1.807, 2.05) is 0 Å². The first-order valence-corrected chi connectivity index (χ1v) is 10.5. The van der Waals surface area contributed by atoms with E-state index < -0.39 is 16.8 Å². The highest BCUT2D eigenvalue weighted by Crippen LogP contribution is 2.37. The van der Waals surface area contributed by atoms with Gasteiger partial charge in [0.2, 0.25) is 5.70 Å². The number of nitro groups is 1. The third-order valence-corrected chi connectivity index (χ3v) is 5.88.